The van der Waals surface area contributed by atoms with Crippen molar-refractivity contribution in [3.8, 4) is 12.1 Å². The fraction of sp³-hybridized carbons (Fsp3) is 0.0833. The molecule has 36 heavy (non-hydrogen) atoms. The van der Waals surface area contributed by atoms with Gasteiger partial charge in [-0.2, -0.15) is 36.9 Å². The number of nitriles is 2. The molecule has 12 heteroatoms. The number of fused-ring (bicyclic) bond motifs is 1. The zero-order chi connectivity index (χ0) is 26.1. The number of benzene rings is 2. The molecule has 0 saturated carbocycles. The van der Waals surface area contributed by atoms with Gasteiger partial charge >= 0.3 is 12.4 Å². The van der Waals surface area contributed by atoms with Crippen molar-refractivity contribution in [1.82, 2.24) is 9.97 Å². The topological polar surface area (TPSA) is 73.4 Å². The van der Waals surface area contributed by atoms with E-state index in [9.17, 15) is 36.9 Å². The molecule has 0 aliphatic heterocycles. The van der Waals surface area contributed by atoms with Gasteiger partial charge in [-0.05, 0) is 47.5 Å². The van der Waals surface area contributed by atoms with E-state index in [4.69, 9.17) is 0 Å². The van der Waals surface area contributed by atoms with Crippen LogP contribution < -0.4 is 0 Å². The van der Waals surface area contributed by atoms with Crippen LogP contribution in [0.2, 0.25) is 0 Å². The Morgan fingerprint density at radius 3 is 1.25 bits per heavy atom. The minimum atomic E-state index is -4.48. The van der Waals surface area contributed by atoms with Crippen molar-refractivity contribution in [3.63, 3.8) is 0 Å². The number of rotatable bonds is 4. The second-order valence-electron chi connectivity index (χ2n) is 7.20. The second-order valence-corrected chi connectivity index (χ2v) is 9.22. The third-order valence-electron chi connectivity index (χ3n) is 4.83. The Kier molecular flexibility index (Phi) is 6.67. The minimum Gasteiger partial charge on any atom is -0.224 e. The average Bonchev–Trinajstić information content (AvgIpc) is 3.38. The molecule has 2 aromatic heterocycles. The summed E-state index contributed by atoms with van der Waals surface area (Å²) in [6.45, 7) is 0. The van der Waals surface area contributed by atoms with Crippen molar-refractivity contribution in [2.75, 3.05) is 0 Å². The highest BCUT2D eigenvalue weighted by Gasteiger charge is 2.30. The molecule has 0 N–H and O–H groups in total. The van der Waals surface area contributed by atoms with Crippen LogP contribution in [0.4, 0.5) is 26.3 Å². The van der Waals surface area contributed by atoms with Gasteiger partial charge in [-0.3, -0.25) is 0 Å². The zero-order valence-corrected chi connectivity index (χ0v) is 19.3. The molecular weight excluding hydrogens is 522 g/mol. The third-order valence-corrected chi connectivity index (χ3v) is 6.75. The number of aromatic nitrogens is 2. The fourth-order valence-corrected chi connectivity index (χ4v) is 5.02. The summed E-state index contributed by atoms with van der Waals surface area (Å²) < 4.78 is 76.6. The highest BCUT2D eigenvalue weighted by atomic mass is 32.1. The summed E-state index contributed by atoms with van der Waals surface area (Å²) in [4.78, 5) is 9.77. The summed E-state index contributed by atoms with van der Waals surface area (Å²) in [6, 6.07) is 12.3. The quantitative estimate of drug-likeness (QED) is 0.198. The lowest BCUT2D eigenvalue weighted by atomic mass is 10.0. The van der Waals surface area contributed by atoms with Crippen molar-refractivity contribution in [3.05, 3.63) is 80.8 Å². The molecule has 0 spiro atoms. The van der Waals surface area contributed by atoms with E-state index in [0.29, 0.717) is 30.8 Å². The number of allylic oxidation sites excluding steroid dienone is 2. The summed E-state index contributed by atoms with van der Waals surface area (Å²) in [5, 5.41) is 19.7. The van der Waals surface area contributed by atoms with Gasteiger partial charge in [0.25, 0.3) is 0 Å². The van der Waals surface area contributed by atoms with Crippen LogP contribution in [0, 0.1) is 22.7 Å². The molecule has 180 valence electrons. The van der Waals surface area contributed by atoms with E-state index in [2.05, 4.69) is 9.97 Å². The van der Waals surface area contributed by atoms with E-state index < -0.39 is 23.5 Å². The lowest BCUT2D eigenvalue weighted by Crippen LogP contribution is -2.04. The van der Waals surface area contributed by atoms with Crippen LogP contribution in [0.25, 0.3) is 33.0 Å². The van der Waals surface area contributed by atoms with Crippen LogP contribution in [0.1, 0.15) is 32.3 Å². The molecule has 0 unspecified atom stereocenters. The Labute approximate surface area is 207 Å². The van der Waals surface area contributed by atoms with Gasteiger partial charge in [-0.1, -0.05) is 46.9 Å². The van der Waals surface area contributed by atoms with Gasteiger partial charge < -0.3 is 0 Å². The van der Waals surface area contributed by atoms with E-state index >= 15 is 0 Å². The molecule has 4 aromatic rings. The van der Waals surface area contributed by atoms with Gasteiger partial charge in [-0.15, -0.1) is 0 Å². The van der Waals surface area contributed by atoms with E-state index in [1.807, 2.05) is 12.1 Å². The predicted octanol–water partition coefficient (Wildman–Crippen LogP) is 7.92. The minimum absolute atomic E-state index is 0.124. The summed E-state index contributed by atoms with van der Waals surface area (Å²) in [5.41, 5.74) is -0.794. The first-order valence-corrected chi connectivity index (χ1v) is 11.5. The smallest absolute Gasteiger partial charge is 0.224 e. The van der Waals surface area contributed by atoms with Gasteiger partial charge in [0.15, 0.2) is 9.66 Å². The molecule has 0 atom stereocenters. The number of halogens is 6. The Balaban J connectivity index is 1.59. The number of hydrogen-bond donors (Lipinski definition) is 0. The van der Waals surface area contributed by atoms with E-state index in [0.717, 1.165) is 46.9 Å². The van der Waals surface area contributed by atoms with Crippen molar-refractivity contribution >= 4 is 55.6 Å². The van der Waals surface area contributed by atoms with Crippen LogP contribution in [0.5, 0.6) is 0 Å². The van der Waals surface area contributed by atoms with Crippen LogP contribution in [-0.4, -0.2) is 9.97 Å². The maximum atomic E-state index is 12.8. The molecule has 0 fully saturated rings. The van der Waals surface area contributed by atoms with Crippen molar-refractivity contribution < 1.29 is 26.3 Å². The maximum Gasteiger partial charge on any atom is 0.416 e. The molecule has 0 aliphatic rings. The molecule has 2 aromatic carbocycles. The summed E-state index contributed by atoms with van der Waals surface area (Å²) in [7, 11) is 0. The molecule has 0 bridgehead atoms. The molecular formula is C24H10F6N4S2. The normalized spacial score (nSPS) is 13.0. The highest BCUT2D eigenvalue weighted by Crippen LogP contribution is 2.34. The number of hydrogen-bond acceptors (Lipinski definition) is 6. The van der Waals surface area contributed by atoms with E-state index in [1.54, 1.807) is 0 Å². The van der Waals surface area contributed by atoms with Crippen LogP contribution in [-0.2, 0) is 12.4 Å². The SMILES string of the molecule is N#C/C(=C\c1nc2sc(/C=C(\C#N)c3ccc(C(F)(F)F)cc3)nc2s1)c1ccc(C(F)(F)F)cc1. The van der Waals surface area contributed by atoms with Crippen LogP contribution in [0.15, 0.2) is 48.5 Å². The Morgan fingerprint density at radius 2 is 0.972 bits per heavy atom. The van der Waals surface area contributed by atoms with Crippen molar-refractivity contribution in [1.29, 1.82) is 10.5 Å². The monoisotopic (exact) mass is 532 g/mol. The van der Waals surface area contributed by atoms with Gasteiger partial charge in [0.05, 0.1) is 34.4 Å². The van der Waals surface area contributed by atoms with E-state index in [-0.39, 0.29) is 11.1 Å². The van der Waals surface area contributed by atoms with Crippen molar-refractivity contribution in [2.24, 2.45) is 0 Å². The largest absolute Gasteiger partial charge is 0.416 e. The van der Waals surface area contributed by atoms with Gasteiger partial charge in [0.2, 0.25) is 0 Å². The molecule has 0 radical (unpaired) electrons. The Hall–Kier alpha value is -4.00. The first-order chi connectivity index (χ1) is 17.0. The van der Waals surface area contributed by atoms with Crippen LogP contribution >= 0.6 is 22.7 Å². The average molecular weight is 532 g/mol. The molecule has 4 rings (SSSR count). The fourth-order valence-electron chi connectivity index (χ4n) is 3.08. The lowest BCUT2D eigenvalue weighted by molar-refractivity contribution is -0.138. The summed E-state index contributed by atoms with van der Waals surface area (Å²) in [5.74, 6) is 0. The van der Waals surface area contributed by atoms with Crippen LogP contribution in [0.3, 0.4) is 0 Å². The number of nitrogens with zero attached hydrogens (tertiary/aromatic N) is 4. The van der Waals surface area contributed by atoms with Crippen molar-refractivity contribution in [2.45, 2.75) is 12.4 Å². The standard InChI is InChI=1S/C24H10F6N4S2/c25-23(26,27)17-5-1-13(2-6-17)15(11-31)9-19-33-21-22(35-19)34-20(36-21)10-16(12-32)14-3-7-18(8-4-14)24(28,29)30/h1-10H/b15-9+,16-10+. The number of alkyl halides is 6. The van der Waals surface area contributed by atoms with Gasteiger partial charge in [-0.25, -0.2) is 9.97 Å². The van der Waals surface area contributed by atoms with Gasteiger partial charge in [0.1, 0.15) is 10.0 Å². The Bertz CT molecular complexity index is 1410. The molecule has 0 aliphatic carbocycles. The first-order valence-electron chi connectivity index (χ1n) is 9.84. The molecule has 0 saturated heterocycles. The molecule has 4 nitrogen and oxygen atoms in total. The highest BCUT2D eigenvalue weighted by molar-refractivity contribution is 7.27. The lowest BCUT2D eigenvalue weighted by Gasteiger charge is -2.07. The number of thiazole rings is 2. The second kappa shape index (κ2) is 9.57. The summed E-state index contributed by atoms with van der Waals surface area (Å²) in [6.07, 6.45) is -6.07. The van der Waals surface area contributed by atoms with Gasteiger partial charge in [0, 0.05) is 0 Å². The summed E-state index contributed by atoms with van der Waals surface area (Å²) >= 11 is 2.29. The zero-order valence-electron chi connectivity index (χ0n) is 17.6. The third kappa shape index (κ3) is 5.46. The first kappa shape index (κ1) is 25.1. The Morgan fingerprint density at radius 1 is 0.639 bits per heavy atom. The van der Waals surface area contributed by atoms with E-state index in [1.165, 1.54) is 36.4 Å². The predicted molar refractivity (Wildman–Crippen MR) is 125 cm³/mol. The molecule has 2 heterocycles. The maximum absolute atomic E-state index is 12.8. The molecule has 0 amide bonds.